The predicted octanol–water partition coefficient (Wildman–Crippen LogP) is 1.87. The average Bonchev–Trinajstić information content (AvgIpc) is 2.29. The Hall–Kier alpha value is -1.42. The first-order chi connectivity index (χ1) is 8.19. The van der Waals surface area contributed by atoms with Crippen LogP contribution in [-0.2, 0) is 4.79 Å². The monoisotopic (exact) mass is 236 g/mol. The SMILES string of the molecule is C=N/C=C(\C=C/C)CCN1C(=O)CCCC1O. The second kappa shape index (κ2) is 7.01. The van der Waals surface area contributed by atoms with Crippen LogP contribution in [0.5, 0.6) is 0 Å². The van der Waals surface area contributed by atoms with Gasteiger partial charge in [0.25, 0.3) is 0 Å². The summed E-state index contributed by atoms with van der Waals surface area (Å²) < 4.78 is 0. The Morgan fingerprint density at radius 2 is 2.47 bits per heavy atom. The number of rotatable bonds is 5. The summed E-state index contributed by atoms with van der Waals surface area (Å²) in [4.78, 5) is 16.9. The summed E-state index contributed by atoms with van der Waals surface area (Å²) in [6.45, 7) is 5.88. The fourth-order valence-electron chi connectivity index (χ4n) is 1.95. The van der Waals surface area contributed by atoms with Gasteiger partial charge in [-0.25, -0.2) is 0 Å². The zero-order chi connectivity index (χ0) is 12.7. The normalized spacial score (nSPS) is 22.2. The molecule has 1 saturated heterocycles. The molecule has 4 nitrogen and oxygen atoms in total. The fraction of sp³-hybridized carbons (Fsp3) is 0.538. The Morgan fingerprint density at radius 1 is 1.71 bits per heavy atom. The third-order valence-electron chi connectivity index (χ3n) is 2.81. The summed E-state index contributed by atoms with van der Waals surface area (Å²) in [6.07, 6.45) is 7.60. The maximum atomic E-state index is 11.6. The first-order valence-electron chi connectivity index (χ1n) is 5.94. The summed E-state index contributed by atoms with van der Waals surface area (Å²) >= 11 is 0. The molecule has 1 rings (SSSR count). The molecule has 0 aromatic heterocycles. The quantitative estimate of drug-likeness (QED) is 0.585. The number of aliphatic hydroxyl groups is 1. The molecule has 0 bridgehead atoms. The molecule has 0 spiro atoms. The molecule has 17 heavy (non-hydrogen) atoms. The largest absolute Gasteiger partial charge is 0.374 e. The molecule has 1 unspecified atom stereocenters. The molecule has 1 fully saturated rings. The highest BCUT2D eigenvalue weighted by molar-refractivity contribution is 5.77. The van der Waals surface area contributed by atoms with Gasteiger partial charge in [-0.05, 0) is 38.5 Å². The number of nitrogens with zero attached hydrogens (tertiary/aromatic N) is 2. The van der Waals surface area contributed by atoms with Crippen molar-refractivity contribution in [2.24, 2.45) is 4.99 Å². The van der Waals surface area contributed by atoms with Gasteiger partial charge >= 0.3 is 0 Å². The number of carbonyl (C=O) groups is 1. The standard InChI is InChI=1S/C13H20N2O2/c1-3-5-11(10-14-2)8-9-15-12(16)6-4-7-13(15)17/h3,5,10,12,16H,2,4,6-9H2,1H3/b5-3-,11-10+. The highest BCUT2D eigenvalue weighted by atomic mass is 16.3. The molecule has 1 aliphatic heterocycles. The number of aliphatic imine (C=N–C) groups is 1. The topological polar surface area (TPSA) is 52.9 Å². The minimum atomic E-state index is -0.625. The van der Waals surface area contributed by atoms with Crippen LogP contribution in [0.2, 0.25) is 0 Å². The van der Waals surface area contributed by atoms with Crippen LogP contribution in [0.1, 0.15) is 32.6 Å². The minimum Gasteiger partial charge on any atom is -0.374 e. The van der Waals surface area contributed by atoms with Crippen LogP contribution in [0, 0.1) is 0 Å². The molecule has 0 saturated carbocycles. The van der Waals surface area contributed by atoms with Crippen molar-refractivity contribution in [3.8, 4) is 0 Å². The van der Waals surface area contributed by atoms with E-state index in [0.29, 0.717) is 25.8 Å². The zero-order valence-corrected chi connectivity index (χ0v) is 10.3. The Bertz CT molecular complexity index is 334. The van der Waals surface area contributed by atoms with Crippen molar-refractivity contribution in [2.75, 3.05) is 6.54 Å². The smallest absolute Gasteiger partial charge is 0.224 e. The van der Waals surface area contributed by atoms with Crippen molar-refractivity contribution in [1.29, 1.82) is 0 Å². The van der Waals surface area contributed by atoms with E-state index in [4.69, 9.17) is 0 Å². The van der Waals surface area contributed by atoms with Crippen molar-refractivity contribution in [3.63, 3.8) is 0 Å². The molecular formula is C13H20N2O2. The molecule has 1 amide bonds. The van der Waals surface area contributed by atoms with Crippen LogP contribution in [-0.4, -0.2) is 35.4 Å². The van der Waals surface area contributed by atoms with Gasteiger partial charge in [0.05, 0.1) is 0 Å². The van der Waals surface area contributed by atoms with Gasteiger partial charge in [0, 0.05) is 19.2 Å². The van der Waals surface area contributed by atoms with Crippen LogP contribution >= 0.6 is 0 Å². The molecule has 1 heterocycles. The van der Waals surface area contributed by atoms with E-state index in [2.05, 4.69) is 11.7 Å². The molecule has 0 aromatic carbocycles. The molecule has 4 heteroatoms. The van der Waals surface area contributed by atoms with Crippen molar-refractivity contribution in [3.05, 3.63) is 23.9 Å². The summed E-state index contributed by atoms with van der Waals surface area (Å²) in [5.41, 5.74) is 1.01. The van der Waals surface area contributed by atoms with E-state index in [1.54, 1.807) is 11.1 Å². The number of hydrogen-bond acceptors (Lipinski definition) is 3. The third-order valence-corrected chi connectivity index (χ3v) is 2.81. The van der Waals surface area contributed by atoms with Crippen molar-refractivity contribution in [1.82, 2.24) is 4.90 Å². The van der Waals surface area contributed by atoms with E-state index in [1.807, 2.05) is 19.1 Å². The molecule has 0 aliphatic carbocycles. The lowest BCUT2D eigenvalue weighted by molar-refractivity contribution is -0.146. The van der Waals surface area contributed by atoms with Gasteiger partial charge in [-0.3, -0.25) is 9.79 Å². The van der Waals surface area contributed by atoms with Crippen molar-refractivity contribution < 1.29 is 9.90 Å². The lowest BCUT2D eigenvalue weighted by Crippen LogP contribution is -2.44. The lowest BCUT2D eigenvalue weighted by Gasteiger charge is -2.32. The number of piperidine rings is 1. The summed E-state index contributed by atoms with van der Waals surface area (Å²) in [6, 6.07) is 0. The van der Waals surface area contributed by atoms with Gasteiger partial charge in [0.2, 0.25) is 5.91 Å². The molecule has 94 valence electrons. The fourth-order valence-corrected chi connectivity index (χ4v) is 1.95. The van der Waals surface area contributed by atoms with Gasteiger partial charge < -0.3 is 10.0 Å². The van der Waals surface area contributed by atoms with Gasteiger partial charge in [-0.15, -0.1) is 0 Å². The van der Waals surface area contributed by atoms with Gasteiger partial charge in [0.1, 0.15) is 6.23 Å². The summed E-state index contributed by atoms with van der Waals surface area (Å²) in [7, 11) is 0. The molecular weight excluding hydrogens is 216 g/mol. The van der Waals surface area contributed by atoms with E-state index in [9.17, 15) is 9.90 Å². The number of aliphatic hydroxyl groups excluding tert-OH is 1. The first-order valence-corrected chi connectivity index (χ1v) is 5.94. The second-order valence-electron chi connectivity index (χ2n) is 4.10. The zero-order valence-electron chi connectivity index (χ0n) is 10.3. The van der Waals surface area contributed by atoms with Gasteiger partial charge in [0.15, 0.2) is 0 Å². The summed E-state index contributed by atoms with van der Waals surface area (Å²) in [5, 5.41) is 9.74. The highest BCUT2D eigenvalue weighted by Gasteiger charge is 2.25. The molecule has 0 aromatic rings. The lowest BCUT2D eigenvalue weighted by atomic mass is 10.1. The third kappa shape index (κ3) is 4.15. The highest BCUT2D eigenvalue weighted by Crippen LogP contribution is 2.17. The van der Waals surface area contributed by atoms with Gasteiger partial charge in [-0.1, -0.05) is 12.2 Å². The van der Waals surface area contributed by atoms with Crippen LogP contribution in [0.25, 0.3) is 0 Å². The number of carbonyl (C=O) groups excluding carboxylic acids is 1. The van der Waals surface area contributed by atoms with E-state index in [0.717, 1.165) is 12.0 Å². The van der Waals surface area contributed by atoms with Gasteiger partial charge in [-0.2, -0.15) is 0 Å². The van der Waals surface area contributed by atoms with Crippen molar-refractivity contribution >= 4 is 12.6 Å². The Balaban J connectivity index is 2.55. The predicted molar refractivity (Wildman–Crippen MR) is 68.6 cm³/mol. The van der Waals surface area contributed by atoms with E-state index in [1.165, 1.54) is 0 Å². The summed E-state index contributed by atoms with van der Waals surface area (Å²) in [5.74, 6) is 0.0372. The maximum absolute atomic E-state index is 11.6. The van der Waals surface area contributed by atoms with E-state index < -0.39 is 6.23 Å². The average molecular weight is 236 g/mol. The molecule has 0 radical (unpaired) electrons. The number of hydrogen-bond donors (Lipinski definition) is 1. The first kappa shape index (κ1) is 13.6. The number of likely N-dealkylation sites (tertiary alicyclic amines) is 1. The number of amides is 1. The van der Waals surface area contributed by atoms with Crippen LogP contribution in [0.15, 0.2) is 28.9 Å². The van der Waals surface area contributed by atoms with E-state index in [-0.39, 0.29) is 5.91 Å². The second-order valence-corrected chi connectivity index (χ2v) is 4.10. The Kier molecular flexibility index (Phi) is 5.63. The van der Waals surface area contributed by atoms with E-state index >= 15 is 0 Å². The van der Waals surface area contributed by atoms with Crippen LogP contribution < -0.4 is 0 Å². The molecule has 1 atom stereocenters. The van der Waals surface area contributed by atoms with Crippen molar-refractivity contribution in [2.45, 2.75) is 38.8 Å². The van der Waals surface area contributed by atoms with Crippen LogP contribution in [0.4, 0.5) is 0 Å². The number of allylic oxidation sites excluding steroid dienone is 2. The molecule has 1 N–H and O–H groups in total. The van der Waals surface area contributed by atoms with Crippen LogP contribution in [0.3, 0.4) is 0 Å². The molecule has 1 aliphatic rings. The minimum absolute atomic E-state index is 0.0372. The Labute approximate surface area is 102 Å². The Morgan fingerprint density at radius 3 is 3.06 bits per heavy atom. The maximum Gasteiger partial charge on any atom is 0.224 e.